The second kappa shape index (κ2) is 6.19. The third kappa shape index (κ3) is 3.76. The maximum Gasteiger partial charge on any atom is 0.169 e. The fourth-order valence-electron chi connectivity index (χ4n) is 2.21. The first-order chi connectivity index (χ1) is 10.2. The highest BCUT2D eigenvalue weighted by Gasteiger charge is 2.19. The maximum atomic E-state index is 5.90. The quantitative estimate of drug-likeness (QED) is 0.867. The van der Waals surface area contributed by atoms with E-state index in [0.29, 0.717) is 0 Å². The third-order valence-electron chi connectivity index (χ3n) is 3.64. The minimum Gasteiger partial charge on any atom is -0.493 e. The molecule has 21 heavy (non-hydrogen) atoms. The zero-order chi connectivity index (χ0) is 14.7. The summed E-state index contributed by atoms with van der Waals surface area (Å²) in [5.74, 6) is 2.33. The van der Waals surface area contributed by atoms with E-state index in [1.54, 1.807) is 7.11 Å². The molecule has 0 atom stereocenters. The lowest BCUT2D eigenvalue weighted by Gasteiger charge is -2.11. The number of rotatable bonds is 6. The Bertz CT molecular complexity index is 603. The Morgan fingerprint density at radius 2 is 1.81 bits per heavy atom. The second-order valence-corrected chi connectivity index (χ2v) is 5.56. The molecule has 0 radical (unpaired) electrons. The van der Waals surface area contributed by atoms with Crippen LogP contribution in [0.5, 0.6) is 17.2 Å². The smallest absolute Gasteiger partial charge is 0.169 e. The summed E-state index contributed by atoms with van der Waals surface area (Å²) in [7, 11) is 1.66. The molecule has 0 bridgehead atoms. The van der Waals surface area contributed by atoms with Crippen LogP contribution in [-0.4, -0.2) is 13.2 Å². The van der Waals surface area contributed by atoms with Gasteiger partial charge in [-0.25, -0.2) is 0 Å². The molecular weight excluding hydrogens is 262 g/mol. The summed E-state index contributed by atoms with van der Waals surface area (Å²) in [4.78, 5) is 0. The van der Waals surface area contributed by atoms with Gasteiger partial charge in [-0.1, -0.05) is 18.2 Å². The van der Waals surface area contributed by atoms with E-state index in [1.807, 2.05) is 37.3 Å². The molecule has 0 heterocycles. The topological polar surface area (TPSA) is 30.5 Å². The van der Waals surface area contributed by atoms with Crippen LogP contribution in [0.2, 0.25) is 0 Å². The van der Waals surface area contributed by atoms with Crippen molar-refractivity contribution in [3.63, 3.8) is 0 Å². The Labute approximate surface area is 125 Å². The molecule has 110 valence electrons. The van der Waals surface area contributed by atoms with Crippen LogP contribution < -0.4 is 14.8 Å². The predicted octanol–water partition coefficient (Wildman–Crippen LogP) is 4.05. The Hall–Kier alpha value is -2.00. The van der Waals surface area contributed by atoms with Gasteiger partial charge in [-0.3, -0.25) is 0 Å². The highest BCUT2D eigenvalue weighted by atomic mass is 16.5. The maximum absolute atomic E-state index is 5.90. The van der Waals surface area contributed by atoms with Gasteiger partial charge in [0.15, 0.2) is 11.5 Å². The molecule has 3 rings (SSSR count). The first kappa shape index (κ1) is 14.0. The fraction of sp³-hybridized carbons (Fsp3) is 0.333. The van der Waals surface area contributed by atoms with Crippen LogP contribution in [0.4, 0.5) is 0 Å². The normalized spacial score (nSPS) is 14.0. The van der Waals surface area contributed by atoms with Crippen LogP contribution in [0.3, 0.4) is 0 Å². The van der Waals surface area contributed by atoms with Crippen LogP contribution in [0.1, 0.15) is 24.0 Å². The number of benzene rings is 2. The van der Waals surface area contributed by atoms with E-state index in [0.717, 1.165) is 35.4 Å². The van der Waals surface area contributed by atoms with Gasteiger partial charge >= 0.3 is 0 Å². The van der Waals surface area contributed by atoms with Gasteiger partial charge in [0.2, 0.25) is 0 Å². The van der Waals surface area contributed by atoms with Crippen molar-refractivity contribution in [2.75, 3.05) is 7.11 Å². The average molecular weight is 283 g/mol. The Morgan fingerprint density at radius 3 is 2.48 bits per heavy atom. The minimum absolute atomic E-state index is 0.734. The minimum atomic E-state index is 0.734. The van der Waals surface area contributed by atoms with Crippen molar-refractivity contribution < 1.29 is 9.47 Å². The van der Waals surface area contributed by atoms with Gasteiger partial charge in [0.1, 0.15) is 5.75 Å². The number of nitrogens with one attached hydrogen (secondary N) is 1. The van der Waals surface area contributed by atoms with E-state index >= 15 is 0 Å². The molecule has 0 spiro atoms. The van der Waals surface area contributed by atoms with Crippen LogP contribution >= 0.6 is 0 Å². The lowest BCUT2D eigenvalue weighted by atomic mass is 10.2. The molecule has 3 heteroatoms. The number of methoxy groups -OCH3 is 1. The van der Waals surface area contributed by atoms with Gasteiger partial charge < -0.3 is 14.8 Å². The molecule has 1 saturated carbocycles. The highest BCUT2D eigenvalue weighted by Crippen LogP contribution is 2.32. The van der Waals surface area contributed by atoms with Gasteiger partial charge in [0, 0.05) is 12.6 Å². The number of hydrogen-bond donors (Lipinski definition) is 1. The van der Waals surface area contributed by atoms with E-state index in [-0.39, 0.29) is 0 Å². The molecule has 3 nitrogen and oxygen atoms in total. The summed E-state index contributed by atoms with van der Waals surface area (Å²) in [5, 5.41) is 3.51. The van der Waals surface area contributed by atoms with Gasteiger partial charge in [-0.2, -0.15) is 0 Å². The fourth-order valence-corrected chi connectivity index (χ4v) is 2.21. The standard InChI is InChI=1S/C18H21NO2/c1-13-3-10-17(18(11-13)20-2)21-16-8-4-14(5-9-16)12-19-15-6-7-15/h3-5,8-11,15,19H,6-7,12H2,1-2H3. The van der Waals surface area contributed by atoms with Gasteiger partial charge in [0.05, 0.1) is 7.11 Å². The van der Waals surface area contributed by atoms with Gasteiger partial charge in [-0.05, 0) is 55.2 Å². The highest BCUT2D eigenvalue weighted by molar-refractivity contribution is 5.45. The van der Waals surface area contributed by atoms with Gasteiger partial charge in [0.25, 0.3) is 0 Å². The monoisotopic (exact) mass is 283 g/mol. The van der Waals surface area contributed by atoms with Crippen molar-refractivity contribution in [1.82, 2.24) is 5.32 Å². The number of hydrogen-bond acceptors (Lipinski definition) is 3. The van der Waals surface area contributed by atoms with Gasteiger partial charge in [-0.15, -0.1) is 0 Å². The molecule has 0 aliphatic heterocycles. The first-order valence-corrected chi connectivity index (χ1v) is 7.39. The molecule has 2 aromatic carbocycles. The Balaban J connectivity index is 1.66. The summed E-state index contributed by atoms with van der Waals surface area (Å²) < 4.78 is 11.3. The summed E-state index contributed by atoms with van der Waals surface area (Å²) in [6.07, 6.45) is 2.63. The van der Waals surface area contributed by atoms with E-state index in [9.17, 15) is 0 Å². The third-order valence-corrected chi connectivity index (χ3v) is 3.64. The van der Waals surface area contributed by atoms with Crippen molar-refractivity contribution in [1.29, 1.82) is 0 Å². The van der Waals surface area contributed by atoms with E-state index in [2.05, 4.69) is 17.4 Å². The molecule has 1 N–H and O–H groups in total. The van der Waals surface area contributed by atoms with Crippen molar-refractivity contribution in [2.45, 2.75) is 32.4 Å². The Morgan fingerprint density at radius 1 is 1.05 bits per heavy atom. The molecule has 0 amide bonds. The van der Waals surface area contributed by atoms with Crippen molar-refractivity contribution >= 4 is 0 Å². The average Bonchev–Trinajstić information content (AvgIpc) is 3.32. The lowest BCUT2D eigenvalue weighted by Crippen LogP contribution is -2.14. The lowest BCUT2D eigenvalue weighted by molar-refractivity contribution is 0.378. The van der Waals surface area contributed by atoms with Crippen molar-refractivity contribution in [3.8, 4) is 17.2 Å². The number of aryl methyl sites for hydroxylation is 1. The summed E-state index contributed by atoms with van der Waals surface area (Å²) in [6.45, 7) is 2.97. The van der Waals surface area contributed by atoms with Crippen LogP contribution in [0.15, 0.2) is 42.5 Å². The molecule has 2 aromatic rings. The second-order valence-electron chi connectivity index (χ2n) is 5.56. The van der Waals surface area contributed by atoms with Crippen LogP contribution in [-0.2, 0) is 6.54 Å². The Kier molecular flexibility index (Phi) is 4.11. The molecule has 0 unspecified atom stereocenters. The largest absolute Gasteiger partial charge is 0.493 e. The van der Waals surface area contributed by atoms with E-state index in [4.69, 9.17) is 9.47 Å². The molecular formula is C18H21NO2. The van der Waals surface area contributed by atoms with Crippen molar-refractivity contribution in [3.05, 3.63) is 53.6 Å². The van der Waals surface area contributed by atoms with E-state index in [1.165, 1.54) is 18.4 Å². The molecule has 1 fully saturated rings. The molecule has 1 aliphatic carbocycles. The SMILES string of the molecule is COc1cc(C)ccc1Oc1ccc(CNC2CC2)cc1. The summed E-state index contributed by atoms with van der Waals surface area (Å²) in [6, 6.07) is 14.9. The zero-order valence-corrected chi connectivity index (χ0v) is 12.6. The zero-order valence-electron chi connectivity index (χ0n) is 12.6. The molecule has 0 aromatic heterocycles. The van der Waals surface area contributed by atoms with Crippen LogP contribution in [0, 0.1) is 6.92 Å². The van der Waals surface area contributed by atoms with Crippen molar-refractivity contribution in [2.24, 2.45) is 0 Å². The number of ether oxygens (including phenoxy) is 2. The summed E-state index contributed by atoms with van der Waals surface area (Å²) >= 11 is 0. The van der Waals surface area contributed by atoms with Crippen LogP contribution in [0.25, 0.3) is 0 Å². The summed E-state index contributed by atoms with van der Waals surface area (Å²) in [5.41, 5.74) is 2.44. The van der Waals surface area contributed by atoms with E-state index < -0.39 is 0 Å². The molecule has 1 aliphatic rings. The molecule has 0 saturated heterocycles. The first-order valence-electron chi connectivity index (χ1n) is 7.39. The predicted molar refractivity (Wildman–Crippen MR) is 84.1 cm³/mol.